The van der Waals surface area contributed by atoms with Gasteiger partial charge in [0.25, 0.3) is 12.3 Å². The second-order valence-corrected chi connectivity index (χ2v) is 4.61. The minimum Gasteiger partial charge on any atom is -0.332 e. The van der Waals surface area contributed by atoms with Crippen molar-refractivity contribution in [1.82, 2.24) is 15.1 Å². The van der Waals surface area contributed by atoms with Gasteiger partial charge in [-0.05, 0) is 19.9 Å². The van der Waals surface area contributed by atoms with Gasteiger partial charge in [-0.1, -0.05) is 15.9 Å². The summed E-state index contributed by atoms with van der Waals surface area (Å²) >= 11 is 3.15. The van der Waals surface area contributed by atoms with E-state index in [2.05, 4.69) is 26.1 Å². The number of carbonyl (C=O) groups is 1. The number of rotatable bonds is 5. The second kappa shape index (κ2) is 6.72. The Morgan fingerprint density at radius 3 is 2.67 bits per heavy atom. The number of carbonyl (C=O) groups excluding carboxylic acids is 1. The van der Waals surface area contributed by atoms with Gasteiger partial charge in [0.1, 0.15) is 0 Å². The third-order valence-corrected chi connectivity index (χ3v) is 2.69. The number of aryl methyl sites for hydroxylation is 2. The topological polar surface area (TPSA) is 46.1 Å². The molecule has 0 aliphatic rings. The molecular formula is C11H14BrF2N3O. The number of alkyl halides is 3. The molecule has 0 radical (unpaired) electrons. The molecule has 100 valence electrons. The summed E-state index contributed by atoms with van der Waals surface area (Å²) in [5.41, 5.74) is 1.35. The van der Waals surface area contributed by atoms with Crippen LogP contribution >= 0.6 is 15.9 Å². The smallest absolute Gasteiger partial charge is 0.256 e. The fourth-order valence-corrected chi connectivity index (χ4v) is 1.91. The highest BCUT2D eigenvalue weighted by molar-refractivity contribution is 9.09. The molecule has 7 heteroatoms. The van der Waals surface area contributed by atoms with Gasteiger partial charge in [-0.2, -0.15) is 10.2 Å². The third-order valence-electron chi connectivity index (χ3n) is 2.33. The molecule has 0 aromatic carbocycles. The Kier molecular flexibility index (Phi) is 5.58. The molecule has 18 heavy (non-hydrogen) atoms. The summed E-state index contributed by atoms with van der Waals surface area (Å²) in [6, 6.07) is 1.57. The molecule has 1 rings (SSSR count). The molecule has 1 aromatic heterocycles. The summed E-state index contributed by atoms with van der Waals surface area (Å²) in [5, 5.41) is 8.08. The van der Waals surface area contributed by atoms with Gasteiger partial charge in [0.05, 0.1) is 23.5 Å². The van der Waals surface area contributed by atoms with Gasteiger partial charge in [-0.3, -0.25) is 4.79 Å². The van der Waals surface area contributed by atoms with Crippen LogP contribution in [-0.2, 0) is 0 Å². The molecule has 0 atom stereocenters. The van der Waals surface area contributed by atoms with Crippen LogP contribution in [0.1, 0.15) is 21.7 Å². The van der Waals surface area contributed by atoms with Crippen molar-refractivity contribution < 1.29 is 13.6 Å². The lowest BCUT2D eigenvalue weighted by Gasteiger charge is -2.21. The number of amides is 1. The molecule has 0 saturated heterocycles. The van der Waals surface area contributed by atoms with Crippen molar-refractivity contribution in [2.24, 2.45) is 0 Å². The zero-order valence-electron chi connectivity index (χ0n) is 10.2. The van der Waals surface area contributed by atoms with Crippen molar-refractivity contribution in [3.8, 4) is 0 Å². The summed E-state index contributed by atoms with van der Waals surface area (Å²) in [7, 11) is 0. The van der Waals surface area contributed by atoms with Crippen LogP contribution in [0.3, 0.4) is 0 Å². The molecule has 0 saturated carbocycles. The Bertz CT molecular complexity index is 429. The molecule has 0 N–H and O–H groups in total. The predicted octanol–water partition coefficient (Wildman–Crippen LogP) is 2.20. The first kappa shape index (κ1) is 14.9. The summed E-state index contributed by atoms with van der Waals surface area (Å²) in [6.07, 6.45) is -2.55. The largest absolute Gasteiger partial charge is 0.332 e. The van der Waals surface area contributed by atoms with E-state index in [-0.39, 0.29) is 6.54 Å². The van der Waals surface area contributed by atoms with Gasteiger partial charge in [0.2, 0.25) is 0 Å². The lowest BCUT2D eigenvalue weighted by Crippen LogP contribution is -2.37. The van der Waals surface area contributed by atoms with Crippen LogP contribution < -0.4 is 0 Å². The maximum absolute atomic E-state index is 12.4. The molecule has 1 aromatic rings. The SMILES string of the molecule is Cc1cc(C(=O)N(CCBr)CC(F)F)c(C)nn1. The van der Waals surface area contributed by atoms with Gasteiger partial charge < -0.3 is 4.90 Å². The van der Waals surface area contributed by atoms with Crippen molar-refractivity contribution in [1.29, 1.82) is 0 Å². The molecule has 0 aliphatic heterocycles. The van der Waals surface area contributed by atoms with Gasteiger partial charge >= 0.3 is 0 Å². The number of hydrogen-bond acceptors (Lipinski definition) is 3. The summed E-state index contributed by atoms with van der Waals surface area (Å²) in [6.45, 7) is 2.98. The minimum absolute atomic E-state index is 0.226. The monoisotopic (exact) mass is 321 g/mol. The van der Waals surface area contributed by atoms with E-state index < -0.39 is 18.9 Å². The fraction of sp³-hybridized carbons (Fsp3) is 0.545. The van der Waals surface area contributed by atoms with E-state index in [0.717, 1.165) is 4.90 Å². The number of hydrogen-bond donors (Lipinski definition) is 0. The highest BCUT2D eigenvalue weighted by atomic mass is 79.9. The second-order valence-electron chi connectivity index (χ2n) is 3.82. The predicted molar refractivity (Wildman–Crippen MR) is 67.2 cm³/mol. The van der Waals surface area contributed by atoms with E-state index in [1.807, 2.05) is 0 Å². The van der Waals surface area contributed by atoms with Crippen LogP contribution in [0, 0.1) is 13.8 Å². The van der Waals surface area contributed by atoms with E-state index in [4.69, 9.17) is 0 Å². The molecular weight excluding hydrogens is 308 g/mol. The zero-order valence-corrected chi connectivity index (χ0v) is 11.7. The van der Waals surface area contributed by atoms with Crippen molar-refractivity contribution in [2.45, 2.75) is 20.3 Å². The Balaban J connectivity index is 2.97. The van der Waals surface area contributed by atoms with Crippen molar-refractivity contribution in [3.05, 3.63) is 23.0 Å². The Labute approximate surface area is 113 Å². The minimum atomic E-state index is -2.55. The van der Waals surface area contributed by atoms with E-state index in [1.54, 1.807) is 19.9 Å². The van der Waals surface area contributed by atoms with Crippen LogP contribution in [0.5, 0.6) is 0 Å². The Hall–Kier alpha value is -1.11. The van der Waals surface area contributed by atoms with Crippen molar-refractivity contribution in [3.63, 3.8) is 0 Å². The number of nitrogens with zero attached hydrogens (tertiary/aromatic N) is 3. The molecule has 0 spiro atoms. The zero-order chi connectivity index (χ0) is 13.7. The van der Waals surface area contributed by atoms with Gasteiger partial charge in [0.15, 0.2) is 0 Å². The van der Waals surface area contributed by atoms with E-state index in [9.17, 15) is 13.6 Å². The summed E-state index contributed by atoms with van der Waals surface area (Å²) in [4.78, 5) is 13.3. The maximum Gasteiger partial charge on any atom is 0.256 e. The Morgan fingerprint density at radius 1 is 1.44 bits per heavy atom. The first-order chi connectivity index (χ1) is 8.45. The highest BCUT2D eigenvalue weighted by Crippen LogP contribution is 2.11. The standard InChI is InChI=1S/C11H14BrF2N3O/c1-7-5-9(8(2)16-15-7)11(18)17(4-3-12)6-10(13)14/h5,10H,3-4,6H2,1-2H3. The average Bonchev–Trinajstić information content (AvgIpc) is 2.30. The van der Waals surface area contributed by atoms with Crippen LogP contribution in [0.15, 0.2) is 6.07 Å². The van der Waals surface area contributed by atoms with Crippen molar-refractivity contribution >= 4 is 21.8 Å². The molecule has 1 amide bonds. The number of halogens is 3. The van der Waals surface area contributed by atoms with Crippen LogP contribution in [0.2, 0.25) is 0 Å². The molecule has 0 bridgehead atoms. The lowest BCUT2D eigenvalue weighted by molar-refractivity contribution is 0.0571. The molecule has 1 heterocycles. The molecule has 0 unspecified atom stereocenters. The lowest BCUT2D eigenvalue weighted by atomic mass is 10.1. The van der Waals surface area contributed by atoms with Crippen LogP contribution in [-0.4, -0.2) is 45.8 Å². The third kappa shape index (κ3) is 3.97. The van der Waals surface area contributed by atoms with E-state index in [1.165, 1.54) is 0 Å². The summed E-state index contributed by atoms with van der Waals surface area (Å²) in [5.74, 6) is -0.440. The molecule has 0 aliphatic carbocycles. The van der Waals surface area contributed by atoms with Gasteiger partial charge in [-0.25, -0.2) is 8.78 Å². The van der Waals surface area contributed by atoms with Gasteiger partial charge in [-0.15, -0.1) is 0 Å². The van der Waals surface area contributed by atoms with E-state index >= 15 is 0 Å². The van der Waals surface area contributed by atoms with E-state index in [0.29, 0.717) is 22.3 Å². The average molecular weight is 322 g/mol. The number of aromatic nitrogens is 2. The maximum atomic E-state index is 12.4. The normalized spacial score (nSPS) is 10.8. The highest BCUT2D eigenvalue weighted by Gasteiger charge is 2.21. The fourth-order valence-electron chi connectivity index (χ4n) is 1.48. The van der Waals surface area contributed by atoms with Gasteiger partial charge in [0, 0.05) is 11.9 Å². The first-order valence-corrected chi connectivity index (χ1v) is 6.52. The Morgan fingerprint density at radius 2 is 2.11 bits per heavy atom. The first-order valence-electron chi connectivity index (χ1n) is 5.40. The van der Waals surface area contributed by atoms with Crippen LogP contribution in [0.25, 0.3) is 0 Å². The van der Waals surface area contributed by atoms with Crippen LogP contribution in [0.4, 0.5) is 8.78 Å². The quantitative estimate of drug-likeness (QED) is 0.781. The summed E-state index contributed by atoms with van der Waals surface area (Å²) < 4.78 is 24.9. The molecule has 4 nitrogen and oxygen atoms in total. The molecule has 0 fully saturated rings. The van der Waals surface area contributed by atoms with Crippen molar-refractivity contribution in [2.75, 3.05) is 18.4 Å².